The largest absolute Gasteiger partial charge is 0.0622 e. The van der Waals surface area contributed by atoms with Gasteiger partial charge in [0.15, 0.2) is 0 Å². The molecule has 0 bridgehead atoms. The van der Waals surface area contributed by atoms with Crippen molar-refractivity contribution in [1.29, 1.82) is 0 Å². The molecular formula is C47H53ClP2Ru+. The first-order valence-corrected chi connectivity index (χ1v) is 22.4. The normalized spacial score (nSPS) is 18.9. The summed E-state index contributed by atoms with van der Waals surface area (Å²) in [6.07, 6.45) is 0. The minimum absolute atomic E-state index is 0. The van der Waals surface area contributed by atoms with Gasteiger partial charge in [-0.05, 0) is 77.3 Å². The SMILES string of the molecule is CC1C(C)C(C)C(C)C1C.[CH3-].[Cl][Ru+2].c1ccc(P(c2ccccc2)c2ccccc2)cc1.c1ccc(P(c2ccccc2)c2ccccc2)cc1. The molecule has 0 spiro atoms. The number of halogens is 1. The van der Waals surface area contributed by atoms with Gasteiger partial charge in [0.25, 0.3) is 0 Å². The van der Waals surface area contributed by atoms with Crippen LogP contribution < -0.4 is 31.8 Å². The summed E-state index contributed by atoms with van der Waals surface area (Å²) in [5, 5.41) is 8.39. The van der Waals surface area contributed by atoms with E-state index in [4.69, 9.17) is 0 Å². The van der Waals surface area contributed by atoms with Crippen LogP contribution in [0.25, 0.3) is 0 Å². The Morgan fingerprint density at radius 3 is 0.529 bits per heavy atom. The molecule has 1 aliphatic rings. The summed E-state index contributed by atoms with van der Waals surface area (Å²) in [5.41, 5.74) is 0. The summed E-state index contributed by atoms with van der Waals surface area (Å²) in [7, 11) is 3.68. The summed E-state index contributed by atoms with van der Waals surface area (Å²) in [6.45, 7) is 12.0. The minimum atomic E-state index is -0.446. The molecule has 265 valence electrons. The molecule has 1 saturated carbocycles. The summed E-state index contributed by atoms with van der Waals surface area (Å²) in [4.78, 5) is 0. The van der Waals surface area contributed by atoms with Gasteiger partial charge in [-0.25, -0.2) is 0 Å². The van der Waals surface area contributed by atoms with E-state index < -0.39 is 15.8 Å². The fourth-order valence-corrected chi connectivity index (χ4v) is 11.4. The third-order valence-electron chi connectivity index (χ3n) is 10.2. The Bertz CT molecular complexity index is 1390. The molecule has 0 saturated heterocycles. The number of rotatable bonds is 6. The van der Waals surface area contributed by atoms with Crippen LogP contribution >= 0.6 is 25.5 Å². The Morgan fingerprint density at radius 2 is 0.412 bits per heavy atom. The third kappa shape index (κ3) is 12.1. The molecule has 0 aromatic heterocycles. The van der Waals surface area contributed by atoms with Crippen molar-refractivity contribution in [2.45, 2.75) is 34.6 Å². The van der Waals surface area contributed by atoms with Gasteiger partial charge in [0, 0.05) is 0 Å². The van der Waals surface area contributed by atoms with E-state index in [0.29, 0.717) is 0 Å². The van der Waals surface area contributed by atoms with Gasteiger partial charge in [0.05, 0.1) is 0 Å². The molecular weight excluding hydrogens is 763 g/mol. The van der Waals surface area contributed by atoms with Crippen LogP contribution in [0.1, 0.15) is 34.6 Å². The van der Waals surface area contributed by atoms with Gasteiger partial charge in [-0.3, -0.25) is 0 Å². The van der Waals surface area contributed by atoms with Crippen LogP contribution in [0.2, 0.25) is 0 Å². The molecule has 0 nitrogen and oxygen atoms in total. The predicted octanol–water partition coefficient (Wildman–Crippen LogP) is 11.2. The molecule has 6 aromatic carbocycles. The Balaban J connectivity index is 0.000000209. The first-order chi connectivity index (χ1) is 24.5. The Hall–Kier alpha value is -2.91. The van der Waals surface area contributed by atoms with E-state index in [9.17, 15) is 0 Å². The van der Waals surface area contributed by atoms with E-state index in [0.717, 1.165) is 29.6 Å². The maximum absolute atomic E-state index is 4.57. The van der Waals surface area contributed by atoms with E-state index in [1.54, 1.807) is 0 Å². The first-order valence-electron chi connectivity index (χ1n) is 17.5. The Labute approximate surface area is 326 Å². The maximum Gasteiger partial charge on any atom is -0.0134 e. The van der Waals surface area contributed by atoms with Crippen LogP contribution in [0.5, 0.6) is 0 Å². The summed E-state index contributed by atoms with van der Waals surface area (Å²) < 4.78 is 0. The zero-order valence-electron chi connectivity index (χ0n) is 30.8. The van der Waals surface area contributed by atoms with E-state index in [1.807, 2.05) is 17.3 Å². The van der Waals surface area contributed by atoms with Crippen molar-refractivity contribution >= 4 is 57.4 Å². The zero-order valence-corrected chi connectivity index (χ0v) is 35.1. The van der Waals surface area contributed by atoms with Crippen LogP contribution in [0.4, 0.5) is 0 Å². The summed E-state index contributed by atoms with van der Waals surface area (Å²) in [5.74, 6) is 4.68. The molecule has 0 aliphatic heterocycles. The molecule has 7 rings (SSSR count). The van der Waals surface area contributed by atoms with Crippen molar-refractivity contribution < 1.29 is 17.3 Å². The second-order valence-corrected chi connectivity index (χ2v) is 17.4. The second-order valence-electron chi connectivity index (χ2n) is 13.0. The fraction of sp³-hybridized carbons (Fsp3) is 0.213. The fourth-order valence-electron chi connectivity index (χ4n) is 6.75. The van der Waals surface area contributed by atoms with E-state index >= 15 is 0 Å². The molecule has 0 unspecified atom stereocenters. The molecule has 1 aliphatic carbocycles. The first kappa shape index (κ1) is 42.5. The van der Waals surface area contributed by atoms with Crippen LogP contribution in [0, 0.1) is 37.0 Å². The van der Waals surface area contributed by atoms with Crippen molar-refractivity contribution in [3.63, 3.8) is 0 Å². The Kier molecular flexibility index (Phi) is 19.1. The van der Waals surface area contributed by atoms with Gasteiger partial charge < -0.3 is 7.43 Å². The molecule has 0 atom stereocenters. The predicted molar refractivity (Wildman–Crippen MR) is 228 cm³/mol. The second kappa shape index (κ2) is 22.9. The molecule has 0 N–H and O–H groups in total. The van der Waals surface area contributed by atoms with Crippen LogP contribution in [0.15, 0.2) is 182 Å². The number of hydrogen-bond acceptors (Lipinski definition) is 0. The summed E-state index contributed by atoms with van der Waals surface area (Å²) >= 11 is 1.82. The average molecular weight is 816 g/mol. The molecule has 0 heterocycles. The molecule has 0 radical (unpaired) electrons. The van der Waals surface area contributed by atoms with Gasteiger partial charge in [-0.2, -0.15) is 0 Å². The van der Waals surface area contributed by atoms with Crippen LogP contribution in [-0.2, 0) is 17.3 Å². The van der Waals surface area contributed by atoms with Crippen LogP contribution in [0.3, 0.4) is 0 Å². The molecule has 0 amide bonds. The number of hydrogen-bond donors (Lipinski definition) is 0. The monoisotopic (exact) mass is 816 g/mol. The average Bonchev–Trinajstić information content (AvgIpc) is 3.36. The maximum atomic E-state index is 4.57. The van der Waals surface area contributed by atoms with E-state index in [2.05, 4.69) is 226 Å². The quantitative estimate of drug-likeness (QED) is 0.0892. The molecule has 1 fully saturated rings. The smallest absolute Gasteiger partial charge is 0.0134 e. The topological polar surface area (TPSA) is 0 Å². The van der Waals surface area contributed by atoms with Crippen molar-refractivity contribution in [3.8, 4) is 0 Å². The molecule has 4 heteroatoms. The molecule has 51 heavy (non-hydrogen) atoms. The zero-order chi connectivity index (χ0) is 35.7. The Morgan fingerprint density at radius 1 is 0.294 bits per heavy atom. The molecule has 6 aromatic rings. The van der Waals surface area contributed by atoms with Crippen molar-refractivity contribution in [2.24, 2.45) is 29.6 Å². The van der Waals surface area contributed by atoms with Gasteiger partial charge in [-0.15, -0.1) is 0 Å². The van der Waals surface area contributed by atoms with Crippen molar-refractivity contribution in [2.75, 3.05) is 0 Å². The van der Waals surface area contributed by atoms with Gasteiger partial charge >= 0.3 is 27.0 Å². The van der Waals surface area contributed by atoms with Gasteiger partial charge in [-0.1, -0.05) is 217 Å². The standard InChI is InChI=1S/2C18H15P.C10H20.CH3.ClH.Ru/c2*1-4-10-16(11-5-1)19(17-12-6-2-7-13-17)18-14-8-3-9-15-18;1-6-7(2)9(4)10(5)8(6)3;;;/h2*1-15H;6-10H,1-5H3;1H3;1H;/q;;;-1;;+3/p-1. The van der Waals surface area contributed by atoms with Gasteiger partial charge in [0.1, 0.15) is 0 Å². The third-order valence-corrected chi connectivity index (χ3v) is 15.1. The van der Waals surface area contributed by atoms with Crippen molar-refractivity contribution in [3.05, 3.63) is 189 Å². The van der Waals surface area contributed by atoms with E-state index in [-0.39, 0.29) is 7.43 Å². The van der Waals surface area contributed by atoms with Crippen molar-refractivity contribution in [1.82, 2.24) is 0 Å². The van der Waals surface area contributed by atoms with E-state index in [1.165, 1.54) is 31.8 Å². The van der Waals surface area contributed by atoms with Crippen LogP contribution in [-0.4, -0.2) is 0 Å². The number of benzene rings is 6. The summed E-state index contributed by atoms with van der Waals surface area (Å²) in [6, 6.07) is 64.7. The minimum Gasteiger partial charge on any atom is -0.0622 e. The van der Waals surface area contributed by atoms with Gasteiger partial charge in [0.2, 0.25) is 0 Å².